The zero-order valence-corrected chi connectivity index (χ0v) is 40.4. The van der Waals surface area contributed by atoms with E-state index in [9.17, 15) is 53.1 Å². The van der Waals surface area contributed by atoms with E-state index in [1.165, 1.54) is 0 Å². The van der Waals surface area contributed by atoms with E-state index < -0.39 is 144 Å². The van der Waals surface area contributed by atoms with Crippen LogP contribution >= 0.6 is 0 Å². The van der Waals surface area contributed by atoms with Crippen molar-refractivity contribution < 1.29 is 58.2 Å². The number of carbonyl (C=O) groups is 10. The van der Waals surface area contributed by atoms with Crippen LogP contribution in [0.15, 0.2) is 0 Å². The molecule has 13 N–H and O–H groups in total. The maximum atomic E-state index is 14.2. The summed E-state index contributed by atoms with van der Waals surface area (Å²) in [4.78, 5) is 131. The van der Waals surface area contributed by atoms with E-state index in [4.69, 9.17) is 16.6 Å². The van der Waals surface area contributed by atoms with Crippen molar-refractivity contribution in [1.29, 1.82) is 0 Å². The summed E-state index contributed by atoms with van der Waals surface area (Å²) in [7, 11) is 0. The Bertz CT molecular complexity index is 1650. The third-order valence-electron chi connectivity index (χ3n) is 12.5. The maximum Gasteiger partial charge on any atom is 0.305 e. The molecule has 0 aliphatic heterocycles. The summed E-state index contributed by atoms with van der Waals surface area (Å²) in [6, 6.07) is -10.4. The Labute approximate surface area is 383 Å². The van der Waals surface area contributed by atoms with E-state index in [1.54, 1.807) is 62.3 Å². The summed E-state index contributed by atoms with van der Waals surface area (Å²) in [6.07, 6.45) is 0.869. The first-order valence-electron chi connectivity index (χ1n) is 22.9. The lowest BCUT2D eigenvalue weighted by Crippen LogP contribution is -2.63. The zero-order valence-electron chi connectivity index (χ0n) is 40.4. The summed E-state index contributed by atoms with van der Waals surface area (Å²) >= 11 is 0. The van der Waals surface area contributed by atoms with E-state index in [0.717, 1.165) is 0 Å². The van der Waals surface area contributed by atoms with Crippen LogP contribution in [0.2, 0.25) is 0 Å². The van der Waals surface area contributed by atoms with Crippen LogP contribution in [0, 0.1) is 35.5 Å². The van der Waals surface area contributed by atoms with Crippen molar-refractivity contribution in [1.82, 2.24) is 37.2 Å². The number of carbonyl (C=O) groups excluding carboxylic acids is 8. The summed E-state index contributed by atoms with van der Waals surface area (Å²) in [5, 5.41) is 36.9. The monoisotopic (exact) mass is 926 g/mol. The number of hydrogen-bond acceptors (Lipinski definition) is 11. The molecule has 0 rings (SSSR count). The van der Waals surface area contributed by atoms with Crippen LogP contribution in [-0.4, -0.2) is 118 Å². The Balaban J connectivity index is 6.67. The molecule has 0 aromatic carbocycles. The lowest BCUT2D eigenvalue weighted by molar-refractivity contribution is -0.142. The first-order chi connectivity index (χ1) is 30.3. The zero-order chi connectivity index (χ0) is 50.5. The average molecular weight is 926 g/mol. The molecule has 0 spiro atoms. The largest absolute Gasteiger partial charge is 0.481 e. The predicted molar refractivity (Wildman–Crippen MR) is 242 cm³/mol. The van der Waals surface area contributed by atoms with Crippen molar-refractivity contribution in [2.45, 2.75) is 183 Å². The second kappa shape index (κ2) is 29.2. The van der Waals surface area contributed by atoms with Crippen LogP contribution in [0.5, 0.6) is 0 Å². The van der Waals surface area contributed by atoms with Crippen LogP contribution < -0.4 is 48.7 Å². The summed E-state index contributed by atoms with van der Waals surface area (Å²) in [5.41, 5.74) is 11.2. The van der Waals surface area contributed by atoms with Gasteiger partial charge in [0.25, 0.3) is 0 Å². The van der Waals surface area contributed by atoms with Gasteiger partial charge in [-0.3, -0.25) is 47.9 Å². The molecule has 0 aromatic rings. The molecule has 0 saturated carbocycles. The Kier molecular flexibility index (Phi) is 26.8. The van der Waals surface area contributed by atoms with E-state index in [1.807, 2.05) is 20.8 Å². The Hall–Kier alpha value is -5.34. The van der Waals surface area contributed by atoms with Crippen LogP contribution in [0.3, 0.4) is 0 Å². The van der Waals surface area contributed by atoms with Gasteiger partial charge in [-0.1, -0.05) is 122 Å². The van der Waals surface area contributed by atoms with Gasteiger partial charge in [0.1, 0.15) is 42.3 Å². The molecule has 372 valence electrons. The number of primary amides is 1. The number of rotatable bonds is 31. The molecule has 21 nitrogen and oxygen atoms in total. The SMILES string of the molecule is CC[C@H](C)[C@H](NC(=O)[C@@H](NC(=O)[C@@H](NC(=O)[C@@H](NC(=O)[C@@H](NC(=O)[C@@H](NC(=O)[C@H](CC(=O)O)NC(=O)[C@@H](N)CC(=O)O)[C@@H](C)CC)[C@@H](C)CC)[C@@H](C)CC)[C@@H](C)CC)[C@@H](C)CC)C(N)=O. The molecular weight excluding hydrogens is 847 g/mol. The highest BCUT2D eigenvalue weighted by atomic mass is 16.4. The molecule has 0 aromatic heterocycles. The molecule has 0 aliphatic rings. The number of hydrogen-bond donors (Lipinski definition) is 11. The van der Waals surface area contributed by atoms with E-state index >= 15 is 0 Å². The Morgan fingerprint density at radius 2 is 0.600 bits per heavy atom. The number of carboxylic acids is 2. The van der Waals surface area contributed by atoms with Crippen molar-refractivity contribution in [3.63, 3.8) is 0 Å². The highest BCUT2D eigenvalue weighted by Gasteiger charge is 2.39. The number of carboxylic acid groups (broad SMARTS) is 2. The van der Waals surface area contributed by atoms with Gasteiger partial charge in [-0.05, 0) is 35.5 Å². The normalized spacial score (nSPS) is 17.7. The van der Waals surface area contributed by atoms with Gasteiger partial charge in [-0.25, -0.2) is 0 Å². The molecule has 14 atom stereocenters. The van der Waals surface area contributed by atoms with Crippen LogP contribution in [-0.2, 0) is 47.9 Å². The van der Waals surface area contributed by atoms with Crippen molar-refractivity contribution >= 4 is 59.2 Å². The lowest BCUT2D eigenvalue weighted by atomic mass is 9.92. The molecular formula is C44H79N9O12. The Morgan fingerprint density at radius 1 is 0.369 bits per heavy atom. The van der Waals surface area contributed by atoms with Gasteiger partial charge >= 0.3 is 11.9 Å². The third-order valence-corrected chi connectivity index (χ3v) is 12.5. The maximum absolute atomic E-state index is 14.2. The fourth-order valence-electron chi connectivity index (χ4n) is 6.65. The van der Waals surface area contributed by atoms with Gasteiger partial charge < -0.3 is 58.9 Å². The number of aliphatic carboxylic acids is 2. The van der Waals surface area contributed by atoms with Crippen molar-refractivity contribution in [3.8, 4) is 0 Å². The van der Waals surface area contributed by atoms with Gasteiger partial charge in [-0.15, -0.1) is 0 Å². The summed E-state index contributed by atoms with van der Waals surface area (Å²) in [5.74, 6) is -12.0. The quantitative estimate of drug-likeness (QED) is 0.0450. The minimum Gasteiger partial charge on any atom is -0.481 e. The minimum atomic E-state index is -1.74. The number of nitrogens with one attached hydrogen (secondary N) is 7. The molecule has 8 amide bonds. The number of nitrogens with two attached hydrogens (primary N) is 2. The first-order valence-corrected chi connectivity index (χ1v) is 22.9. The second-order valence-corrected chi connectivity index (χ2v) is 17.5. The molecule has 0 fully saturated rings. The van der Waals surface area contributed by atoms with Gasteiger partial charge in [-0.2, -0.15) is 0 Å². The van der Waals surface area contributed by atoms with Crippen LogP contribution in [0.4, 0.5) is 0 Å². The molecule has 65 heavy (non-hydrogen) atoms. The lowest BCUT2D eigenvalue weighted by Gasteiger charge is -2.33. The standard InChI is InChI=1S/C44H79N9O12/c1-13-21(7)31(37(46)58)48-40(61)33(23(9)15-3)50-42(63)35(25(11)17-5)52-44(65)36(26(12)18-6)53-43(64)34(24(10)16-4)51-41(62)32(22(8)14-2)49-39(60)28(20-30(56)57)47-38(59)27(45)19-29(54)55/h21-28,31-36H,13-20,45H2,1-12H3,(H2,46,58)(H,47,59)(H,48,61)(H,49,60)(H,50,63)(H,51,62)(H,52,65)(H,53,64)(H,54,55)(H,56,57)/t21-,22-,23-,24-,25-,26-,27-,28-,31-,32-,33-,34-,35-,36-/m0/s1. The van der Waals surface area contributed by atoms with Gasteiger partial charge in [0.2, 0.25) is 47.3 Å². The second-order valence-electron chi connectivity index (χ2n) is 17.5. The predicted octanol–water partition coefficient (Wildman–Crippen LogP) is 0.419. The minimum absolute atomic E-state index is 0.275. The average Bonchev–Trinajstić information content (AvgIpc) is 3.26. The summed E-state index contributed by atoms with van der Waals surface area (Å²) in [6.45, 7) is 21.2. The fraction of sp³-hybridized carbons (Fsp3) is 0.773. The third kappa shape index (κ3) is 19.3. The topological polar surface area (TPSA) is 347 Å². The molecule has 0 unspecified atom stereocenters. The van der Waals surface area contributed by atoms with Gasteiger partial charge in [0.05, 0.1) is 18.9 Å². The number of amides is 8. The summed E-state index contributed by atoms with van der Waals surface area (Å²) < 4.78 is 0. The molecule has 0 aliphatic carbocycles. The molecule has 0 bridgehead atoms. The van der Waals surface area contributed by atoms with Crippen LogP contribution in [0.25, 0.3) is 0 Å². The Morgan fingerprint density at radius 3 is 0.831 bits per heavy atom. The first kappa shape index (κ1) is 59.7. The fourth-order valence-corrected chi connectivity index (χ4v) is 6.65. The highest BCUT2D eigenvalue weighted by molar-refractivity contribution is 5.98. The van der Waals surface area contributed by atoms with Gasteiger partial charge in [0, 0.05) is 0 Å². The van der Waals surface area contributed by atoms with Crippen molar-refractivity contribution in [2.24, 2.45) is 47.0 Å². The molecule has 0 heterocycles. The van der Waals surface area contributed by atoms with Crippen molar-refractivity contribution in [2.75, 3.05) is 0 Å². The molecule has 0 saturated heterocycles. The van der Waals surface area contributed by atoms with E-state index in [2.05, 4.69) is 37.2 Å². The smallest absolute Gasteiger partial charge is 0.305 e. The molecule has 0 radical (unpaired) electrons. The van der Waals surface area contributed by atoms with Crippen LogP contribution in [0.1, 0.15) is 134 Å². The highest BCUT2D eigenvalue weighted by Crippen LogP contribution is 2.18. The molecule has 21 heteroatoms. The van der Waals surface area contributed by atoms with Crippen molar-refractivity contribution in [3.05, 3.63) is 0 Å². The van der Waals surface area contributed by atoms with E-state index in [-0.39, 0.29) is 11.8 Å². The van der Waals surface area contributed by atoms with E-state index in [0.29, 0.717) is 38.5 Å². The van der Waals surface area contributed by atoms with Gasteiger partial charge in [0.15, 0.2) is 0 Å².